The molecule has 0 amide bonds. The highest BCUT2D eigenvalue weighted by atomic mass is 16.5. The minimum Gasteiger partial charge on any atom is -0.383 e. The van der Waals surface area contributed by atoms with Gasteiger partial charge >= 0.3 is 0 Å². The van der Waals surface area contributed by atoms with Crippen molar-refractivity contribution < 1.29 is 4.74 Å². The van der Waals surface area contributed by atoms with Gasteiger partial charge in [-0.05, 0) is 20.8 Å². The van der Waals surface area contributed by atoms with Crippen LogP contribution in [-0.4, -0.2) is 25.8 Å². The maximum Gasteiger partial charge on any atom is 0.0639 e. The first-order valence-electron chi connectivity index (χ1n) is 4.26. The molecule has 70 valence electrons. The van der Waals surface area contributed by atoms with E-state index in [4.69, 9.17) is 4.74 Å². The smallest absolute Gasteiger partial charge is 0.0639 e. The van der Waals surface area contributed by atoms with E-state index in [2.05, 4.69) is 31.0 Å². The second-order valence-corrected chi connectivity index (χ2v) is 3.42. The predicted molar refractivity (Wildman–Crippen MR) is 52.0 cm³/mol. The quantitative estimate of drug-likeness (QED) is 0.496. The molecule has 0 aliphatic carbocycles. The Balaban J connectivity index is 3.51. The van der Waals surface area contributed by atoms with Crippen LogP contribution in [0.1, 0.15) is 27.2 Å². The van der Waals surface area contributed by atoms with Crippen LogP contribution in [0.2, 0.25) is 0 Å². The standard InChI is InChI=1S/C10H19NO/c1-5-6-7-8-11-10(2,3)9-12-4/h11H,7-9H2,1-4H3. The zero-order valence-electron chi connectivity index (χ0n) is 8.53. The predicted octanol–water partition coefficient (Wildman–Crippen LogP) is 1.41. The van der Waals surface area contributed by atoms with E-state index < -0.39 is 0 Å². The summed E-state index contributed by atoms with van der Waals surface area (Å²) in [6, 6.07) is 0. The summed E-state index contributed by atoms with van der Waals surface area (Å²) < 4.78 is 5.07. The van der Waals surface area contributed by atoms with Crippen molar-refractivity contribution in [1.82, 2.24) is 5.32 Å². The second kappa shape index (κ2) is 6.05. The van der Waals surface area contributed by atoms with Gasteiger partial charge < -0.3 is 10.1 Å². The summed E-state index contributed by atoms with van der Waals surface area (Å²) in [5.74, 6) is 5.87. The summed E-state index contributed by atoms with van der Waals surface area (Å²) in [7, 11) is 1.72. The van der Waals surface area contributed by atoms with Gasteiger partial charge in [-0.2, -0.15) is 0 Å². The Bertz CT molecular complexity index is 164. The normalized spacial score (nSPS) is 10.7. The average Bonchev–Trinajstić information content (AvgIpc) is 1.98. The van der Waals surface area contributed by atoms with E-state index in [9.17, 15) is 0 Å². The molecule has 0 atom stereocenters. The topological polar surface area (TPSA) is 21.3 Å². The second-order valence-electron chi connectivity index (χ2n) is 3.42. The summed E-state index contributed by atoms with van der Waals surface area (Å²) in [4.78, 5) is 0. The first-order chi connectivity index (χ1) is 5.62. The number of nitrogens with one attached hydrogen (secondary N) is 1. The number of rotatable bonds is 5. The van der Waals surface area contributed by atoms with E-state index in [1.165, 1.54) is 0 Å². The molecule has 0 aromatic rings. The molecule has 12 heavy (non-hydrogen) atoms. The highest BCUT2D eigenvalue weighted by molar-refractivity contribution is 4.95. The van der Waals surface area contributed by atoms with Crippen LogP contribution >= 0.6 is 0 Å². The molecular weight excluding hydrogens is 150 g/mol. The number of hydrogen-bond donors (Lipinski definition) is 1. The number of methoxy groups -OCH3 is 1. The van der Waals surface area contributed by atoms with Crippen molar-refractivity contribution in [3.63, 3.8) is 0 Å². The van der Waals surface area contributed by atoms with Crippen LogP contribution in [0.15, 0.2) is 0 Å². The summed E-state index contributed by atoms with van der Waals surface area (Å²) >= 11 is 0. The highest BCUT2D eigenvalue weighted by Gasteiger charge is 2.14. The van der Waals surface area contributed by atoms with E-state index in [1.807, 2.05) is 6.92 Å². The summed E-state index contributed by atoms with van der Waals surface area (Å²) in [5, 5.41) is 3.37. The van der Waals surface area contributed by atoms with Crippen molar-refractivity contribution in [2.45, 2.75) is 32.7 Å². The maximum absolute atomic E-state index is 5.07. The molecule has 0 bridgehead atoms. The number of hydrogen-bond acceptors (Lipinski definition) is 2. The number of ether oxygens (including phenoxy) is 1. The largest absolute Gasteiger partial charge is 0.383 e. The van der Waals surface area contributed by atoms with E-state index in [-0.39, 0.29) is 5.54 Å². The molecule has 0 saturated heterocycles. The van der Waals surface area contributed by atoms with Crippen LogP contribution in [0, 0.1) is 11.8 Å². The SMILES string of the molecule is CC#CCCNC(C)(C)COC. The Kier molecular flexibility index (Phi) is 5.79. The van der Waals surface area contributed by atoms with Gasteiger partial charge in [0.15, 0.2) is 0 Å². The Morgan fingerprint density at radius 3 is 2.58 bits per heavy atom. The van der Waals surface area contributed by atoms with Crippen molar-refractivity contribution in [1.29, 1.82) is 0 Å². The minimum atomic E-state index is 0.0597. The average molecular weight is 169 g/mol. The molecule has 0 radical (unpaired) electrons. The molecule has 0 aliphatic heterocycles. The van der Waals surface area contributed by atoms with Gasteiger partial charge in [-0.1, -0.05) is 0 Å². The van der Waals surface area contributed by atoms with Crippen LogP contribution in [0.5, 0.6) is 0 Å². The van der Waals surface area contributed by atoms with Crippen LogP contribution in [0.25, 0.3) is 0 Å². The third kappa shape index (κ3) is 6.21. The van der Waals surface area contributed by atoms with Crippen molar-refractivity contribution in [3.05, 3.63) is 0 Å². The molecule has 2 nitrogen and oxygen atoms in total. The van der Waals surface area contributed by atoms with E-state index in [0.717, 1.165) is 19.6 Å². The summed E-state index contributed by atoms with van der Waals surface area (Å²) in [6.45, 7) is 7.76. The van der Waals surface area contributed by atoms with Gasteiger partial charge in [0.25, 0.3) is 0 Å². The lowest BCUT2D eigenvalue weighted by atomic mass is 10.1. The zero-order valence-corrected chi connectivity index (χ0v) is 8.53. The molecule has 1 N–H and O–H groups in total. The van der Waals surface area contributed by atoms with Crippen molar-refractivity contribution in [2.24, 2.45) is 0 Å². The highest BCUT2D eigenvalue weighted by Crippen LogP contribution is 2.01. The fourth-order valence-corrected chi connectivity index (χ4v) is 1.00. The van der Waals surface area contributed by atoms with Gasteiger partial charge in [-0.3, -0.25) is 0 Å². The van der Waals surface area contributed by atoms with Gasteiger partial charge in [0.05, 0.1) is 6.61 Å². The Morgan fingerprint density at radius 1 is 1.42 bits per heavy atom. The fraction of sp³-hybridized carbons (Fsp3) is 0.800. The molecule has 0 aromatic heterocycles. The lowest BCUT2D eigenvalue weighted by Gasteiger charge is -2.24. The molecule has 0 aromatic carbocycles. The van der Waals surface area contributed by atoms with Gasteiger partial charge in [-0.15, -0.1) is 11.8 Å². The molecule has 2 heteroatoms. The summed E-state index contributed by atoms with van der Waals surface area (Å²) in [6.07, 6.45) is 0.906. The minimum absolute atomic E-state index is 0.0597. The molecule has 0 unspecified atom stereocenters. The molecule has 0 spiro atoms. The molecule has 0 heterocycles. The van der Waals surface area contributed by atoms with Crippen LogP contribution in [-0.2, 0) is 4.74 Å². The van der Waals surface area contributed by atoms with Gasteiger partial charge in [0, 0.05) is 25.6 Å². The Hall–Kier alpha value is -0.520. The fourth-order valence-electron chi connectivity index (χ4n) is 1.00. The lowest BCUT2D eigenvalue weighted by Crippen LogP contribution is -2.43. The first kappa shape index (κ1) is 11.5. The molecule has 0 fully saturated rings. The lowest BCUT2D eigenvalue weighted by molar-refractivity contribution is 0.129. The molecule has 0 rings (SSSR count). The van der Waals surface area contributed by atoms with E-state index in [0.29, 0.717) is 0 Å². The van der Waals surface area contributed by atoms with Crippen LogP contribution < -0.4 is 5.32 Å². The van der Waals surface area contributed by atoms with Crippen LogP contribution in [0.3, 0.4) is 0 Å². The third-order valence-electron chi connectivity index (χ3n) is 1.54. The van der Waals surface area contributed by atoms with Crippen molar-refractivity contribution in [3.8, 4) is 11.8 Å². The molecule has 0 saturated carbocycles. The van der Waals surface area contributed by atoms with Gasteiger partial charge in [-0.25, -0.2) is 0 Å². The maximum atomic E-state index is 5.07. The molecule has 0 aliphatic rings. The van der Waals surface area contributed by atoms with E-state index >= 15 is 0 Å². The van der Waals surface area contributed by atoms with Crippen molar-refractivity contribution >= 4 is 0 Å². The Labute approximate surface area is 75.7 Å². The molecular formula is C10H19NO. The summed E-state index contributed by atoms with van der Waals surface area (Å²) in [5.41, 5.74) is 0.0597. The van der Waals surface area contributed by atoms with Gasteiger partial charge in [0.2, 0.25) is 0 Å². The Morgan fingerprint density at radius 2 is 2.08 bits per heavy atom. The van der Waals surface area contributed by atoms with E-state index in [1.54, 1.807) is 7.11 Å². The zero-order chi connectivity index (χ0) is 9.45. The monoisotopic (exact) mass is 169 g/mol. The first-order valence-corrected chi connectivity index (χ1v) is 4.26. The van der Waals surface area contributed by atoms with Crippen LogP contribution in [0.4, 0.5) is 0 Å². The van der Waals surface area contributed by atoms with Gasteiger partial charge in [0.1, 0.15) is 0 Å². The van der Waals surface area contributed by atoms with Crippen molar-refractivity contribution in [2.75, 3.05) is 20.3 Å². The third-order valence-corrected chi connectivity index (χ3v) is 1.54.